The highest BCUT2D eigenvalue weighted by Gasteiger charge is 2.26. The van der Waals surface area contributed by atoms with E-state index in [0.29, 0.717) is 79.9 Å². The van der Waals surface area contributed by atoms with Gasteiger partial charge in [-0.15, -0.1) is 0 Å². The van der Waals surface area contributed by atoms with E-state index in [4.69, 9.17) is 18.9 Å². The number of rotatable bonds is 10. The maximum Gasteiger partial charge on any atom is 0.308 e. The summed E-state index contributed by atoms with van der Waals surface area (Å²) >= 11 is 0. The second-order valence-electron chi connectivity index (χ2n) is 8.26. The lowest BCUT2D eigenvalue weighted by Gasteiger charge is -2.32. The van der Waals surface area contributed by atoms with Gasteiger partial charge < -0.3 is 29.2 Å². The summed E-state index contributed by atoms with van der Waals surface area (Å²) in [5.74, 6) is 0.942. The van der Waals surface area contributed by atoms with Gasteiger partial charge in [0.05, 0.1) is 19.8 Å². The van der Waals surface area contributed by atoms with Crippen LogP contribution in [0.4, 0.5) is 0 Å². The number of hydrogen-bond donors (Lipinski definition) is 1. The molecule has 9 nitrogen and oxygen atoms in total. The van der Waals surface area contributed by atoms with Gasteiger partial charge in [-0.05, 0) is 63.9 Å². The number of esters is 1. The molecule has 1 aliphatic rings. The monoisotopic (exact) mass is 498 g/mol. The molecule has 1 N–H and O–H groups in total. The molecule has 3 rings (SSSR count). The summed E-state index contributed by atoms with van der Waals surface area (Å²) in [6.45, 7) is 9.21. The Labute approximate surface area is 211 Å². The lowest BCUT2D eigenvalue weighted by atomic mass is 10.0. The van der Waals surface area contributed by atoms with Crippen molar-refractivity contribution in [2.24, 2.45) is 0 Å². The minimum absolute atomic E-state index is 0.0772. The van der Waals surface area contributed by atoms with Gasteiger partial charge >= 0.3 is 5.97 Å². The van der Waals surface area contributed by atoms with Crippen LogP contribution in [0.15, 0.2) is 36.4 Å². The normalized spacial score (nSPS) is 13.6. The van der Waals surface area contributed by atoms with E-state index >= 15 is 0 Å². The van der Waals surface area contributed by atoms with E-state index in [9.17, 15) is 14.4 Å². The maximum atomic E-state index is 13.1. The fourth-order valence-corrected chi connectivity index (χ4v) is 4.06. The molecule has 0 aliphatic carbocycles. The van der Waals surface area contributed by atoms with Crippen LogP contribution in [0.1, 0.15) is 61.3 Å². The van der Waals surface area contributed by atoms with Crippen LogP contribution in [0, 0.1) is 0 Å². The Bertz CT molecular complexity index is 1050. The van der Waals surface area contributed by atoms with E-state index in [-0.39, 0.29) is 17.9 Å². The molecule has 1 aliphatic heterocycles. The van der Waals surface area contributed by atoms with Gasteiger partial charge in [-0.2, -0.15) is 0 Å². The zero-order valence-corrected chi connectivity index (χ0v) is 21.3. The van der Waals surface area contributed by atoms with E-state index in [1.54, 1.807) is 41.3 Å². The number of ether oxygens (including phenoxy) is 4. The van der Waals surface area contributed by atoms with Gasteiger partial charge in [0.15, 0.2) is 11.5 Å². The number of hydrogen-bond acceptors (Lipinski definition) is 7. The average Bonchev–Trinajstić information content (AvgIpc) is 2.86. The topological polar surface area (TPSA) is 103 Å². The summed E-state index contributed by atoms with van der Waals surface area (Å²) in [7, 11) is 0. The highest BCUT2D eigenvalue weighted by Crippen LogP contribution is 2.39. The van der Waals surface area contributed by atoms with Crippen LogP contribution in [-0.2, 0) is 4.79 Å². The predicted octanol–water partition coefficient (Wildman–Crippen LogP) is 3.84. The number of likely N-dealkylation sites (tertiary alicyclic amines) is 1. The first-order chi connectivity index (χ1) is 17.4. The molecule has 1 heterocycles. The van der Waals surface area contributed by atoms with Crippen LogP contribution in [-0.4, -0.2) is 61.6 Å². The number of amides is 2. The Morgan fingerprint density at radius 1 is 0.889 bits per heavy atom. The standard InChI is InChI=1S/C27H34N2O7/c1-5-33-23-16-20(17-24(34-6-2)25(23)35-7-3)26(31)28-21-11-13-29(14-12-21)27(32)19-9-8-10-22(15-19)36-18(4)30/h8-10,15-17,21H,5-7,11-14H2,1-4H3,(H,28,31). The minimum atomic E-state index is -0.439. The first-order valence-corrected chi connectivity index (χ1v) is 12.3. The van der Waals surface area contributed by atoms with Gasteiger partial charge in [-0.1, -0.05) is 6.07 Å². The second kappa shape index (κ2) is 12.8. The third kappa shape index (κ3) is 6.90. The molecule has 1 saturated heterocycles. The van der Waals surface area contributed by atoms with Gasteiger partial charge in [0, 0.05) is 37.2 Å². The smallest absolute Gasteiger partial charge is 0.308 e. The highest BCUT2D eigenvalue weighted by molar-refractivity contribution is 5.96. The first kappa shape index (κ1) is 26.8. The van der Waals surface area contributed by atoms with Crippen molar-refractivity contribution in [3.8, 4) is 23.0 Å². The third-order valence-corrected chi connectivity index (χ3v) is 5.63. The molecule has 36 heavy (non-hydrogen) atoms. The molecule has 0 bridgehead atoms. The van der Waals surface area contributed by atoms with Crippen LogP contribution >= 0.6 is 0 Å². The molecule has 2 aromatic carbocycles. The molecule has 0 atom stereocenters. The van der Waals surface area contributed by atoms with E-state index in [1.807, 2.05) is 20.8 Å². The van der Waals surface area contributed by atoms with Gasteiger partial charge in [-0.3, -0.25) is 14.4 Å². The molecule has 1 fully saturated rings. The van der Waals surface area contributed by atoms with E-state index < -0.39 is 5.97 Å². The van der Waals surface area contributed by atoms with Crippen LogP contribution < -0.4 is 24.3 Å². The molecule has 0 saturated carbocycles. The van der Waals surface area contributed by atoms with Gasteiger partial charge in [0.2, 0.25) is 5.75 Å². The zero-order chi connectivity index (χ0) is 26.1. The van der Waals surface area contributed by atoms with Gasteiger partial charge in [0.1, 0.15) is 5.75 Å². The molecule has 0 radical (unpaired) electrons. The summed E-state index contributed by atoms with van der Waals surface area (Å²) in [5, 5.41) is 3.07. The quantitative estimate of drug-likeness (QED) is 0.392. The Kier molecular flexibility index (Phi) is 9.55. The van der Waals surface area contributed by atoms with Crippen LogP contribution in [0.2, 0.25) is 0 Å². The Balaban J connectivity index is 1.64. The van der Waals surface area contributed by atoms with Crippen LogP contribution in [0.3, 0.4) is 0 Å². The third-order valence-electron chi connectivity index (χ3n) is 5.63. The van der Waals surface area contributed by atoms with Crippen molar-refractivity contribution < 1.29 is 33.3 Å². The number of carbonyl (C=O) groups excluding carboxylic acids is 3. The number of benzene rings is 2. The number of nitrogens with one attached hydrogen (secondary N) is 1. The summed E-state index contributed by atoms with van der Waals surface area (Å²) < 4.78 is 22.2. The van der Waals surface area contributed by atoms with Crippen LogP contribution in [0.5, 0.6) is 23.0 Å². The lowest BCUT2D eigenvalue weighted by molar-refractivity contribution is -0.131. The van der Waals surface area contributed by atoms with E-state index in [0.717, 1.165) is 0 Å². The van der Waals surface area contributed by atoms with Crippen molar-refractivity contribution in [2.75, 3.05) is 32.9 Å². The largest absolute Gasteiger partial charge is 0.490 e. The van der Waals surface area contributed by atoms with E-state index in [2.05, 4.69) is 5.32 Å². The Morgan fingerprint density at radius 3 is 2.06 bits per heavy atom. The van der Waals surface area contributed by atoms with Gasteiger partial charge in [-0.25, -0.2) is 0 Å². The predicted molar refractivity (Wildman–Crippen MR) is 134 cm³/mol. The molecular weight excluding hydrogens is 464 g/mol. The highest BCUT2D eigenvalue weighted by atomic mass is 16.5. The molecule has 9 heteroatoms. The van der Waals surface area contributed by atoms with E-state index in [1.165, 1.54) is 6.92 Å². The number of nitrogens with zero attached hydrogens (tertiary/aromatic N) is 1. The summed E-state index contributed by atoms with van der Waals surface area (Å²) in [5.41, 5.74) is 0.878. The minimum Gasteiger partial charge on any atom is -0.490 e. The maximum absolute atomic E-state index is 13.1. The van der Waals surface area contributed by atoms with Crippen LogP contribution in [0.25, 0.3) is 0 Å². The summed E-state index contributed by atoms with van der Waals surface area (Å²) in [6.07, 6.45) is 1.24. The Hall–Kier alpha value is -3.75. The molecule has 194 valence electrons. The van der Waals surface area contributed by atoms with Crippen molar-refractivity contribution in [1.29, 1.82) is 0 Å². The molecular formula is C27H34N2O7. The van der Waals surface area contributed by atoms with Crippen molar-refractivity contribution in [1.82, 2.24) is 10.2 Å². The SMILES string of the molecule is CCOc1cc(C(=O)NC2CCN(C(=O)c3cccc(OC(C)=O)c3)CC2)cc(OCC)c1OCC. The molecule has 2 amide bonds. The van der Waals surface area contributed by atoms with Crippen molar-refractivity contribution >= 4 is 17.8 Å². The lowest BCUT2D eigenvalue weighted by Crippen LogP contribution is -2.46. The number of piperidine rings is 1. The zero-order valence-electron chi connectivity index (χ0n) is 21.3. The number of carbonyl (C=O) groups is 3. The first-order valence-electron chi connectivity index (χ1n) is 12.3. The average molecular weight is 499 g/mol. The molecule has 0 unspecified atom stereocenters. The summed E-state index contributed by atoms with van der Waals surface area (Å²) in [6, 6.07) is 9.84. The van der Waals surface area contributed by atoms with Crippen molar-refractivity contribution in [3.63, 3.8) is 0 Å². The molecule has 0 aromatic heterocycles. The summed E-state index contributed by atoms with van der Waals surface area (Å²) in [4.78, 5) is 38.9. The van der Waals surface area contributed by atoms with Gasteiger partial charge in [0.25, 0.3) is 11.8 Å². The fraction of sp³-hybridized carbons (Fsp3) is 0.444. The molecule has 2 aromatic rings. The second-order valence-corrected chi connectivity index (χ2v) is 8.26. The molecule has 0 spiro atoms. The Morgan fingerprint density at radius 2 is 1.50 bits per heavy atom. The van der Waals surface area contributed by atoms with Crippen molar-refractivity contribution in [2.45, 2.75) is 46.6 Å². The fourth-order valence-electron chi connectivity index (χ4n) is 4.06. The van der Waals surface area contributed by atoms with Crippen molar-refractivity contribution in [3.05, 3.63) is 47.5 Å².